The van der Waals surface area contributed by atoms with Gasteiger partial charge in [0.15, 0.2) is 0 Å². The van der Waals surface area contributed by atoms with Gasteiger partial charge in [-0.25, -0.2) is 9.78 Å². The number of ether oxygens (including phenoxy) is 1. The number of methoxy groups -OCH3 is 1. The van der Waals surface area contributed by atoms with Crippen LogP contribution in [0.4, 0.5) is 5.82 Å². The predicted octanol–water partition coefficient (Wildman–Crippen LogP) is -0.0119. The molecule has 0 bridgehead atoms. The minimum atomic E-state index is -0.988. The van der Waals surface area contributed by atoms with Gasteiger partial charge in [-0.2, -0.15) is 0 Å². The molecule has 6 nitrogen and oxygen atoms in total. The van der Waals surface area contributed by atoms with Crippen LogP contribution in [-0.2, 0) is 9.53 Å². The van der Waals surface area contributed by atoms with Crippen molar-refractivity contribution in [2.45, 2.75) is 6.04 Å². The van der Waals surface area contributed by atoms with Crippen LogP contribution in [0.1, 0.15) is 0 Å². The number of carboxylic acid groups (broad SMARTS) is 1. The van der Waals surface area contributed by atoms with E-state index in [-0.39, 0.29) is 6.61 Å². The summed E-state index contributed by atoms with van der Waals surface area (Å²) in [6.07, 6.45) is 4.44. The number of aliphatic carboxylic acids is 1. The van der Waals surface area contributed by atoms with Crippen LogP contribution in [0, 0.1) is 0 Å². The molecule has 1 heterocycles. The third-order valence-electron chi connectivity index (χ3n) is 1.52. The molecule has 1 unspecified atom stereocenters. The normalized spacial score (nSPS) is 12.1. The molecule has 0 fully saturated rings. The minimum Gasteiger partial charge on any atom is -0.480 e. The van der Waals surface area contributed by atoms with Crippen LogP contribution in [0.3, 0.4) is 0 Å². The van der Waals surface area contributed by atoms with Crippen LogP contribution < -0.4 is 5.32 Å². The first-order valence-corrected chi connectivity index (χ1v) is 3.98. The van der Waals surface area contributed by atoms with Gasteiger partial charge in [-0.1, -0.05) is 0 Å². The summed E-state index contributed by atoms with van der Waals surface area (Å²) in [6.45, 7) is 0.0753. The van der Waals surface area contributed by atoms with Crippen molar-refractivity contribution in [3.05, 3.63) is 18.6 Å². The number of nitrogens with one attached hydrogen (secondary N) is 1. The van der Waals surface area contributed by atoms with Crippen molar-refractivity contribution in [2.75, 3.05) is 19.0 Å². The summed E-state index contributed by atoms with van der Waals surface area (Å²) < 4.78 is 4.75. The molecule has 1 aromatic heterocycles. The highest BCUT2D eigenvalue weighted by Gasteiger charge is 2.16. The highest BCUT2D eigenvalue weighted by atomic mass is 16.5. The fourth-order valence-corrected chi connectivity index (χ4v) is 0.893. The topological polar surface area (TPSA) is 84.3 Å². The Bertz CT molecular complexity index is 291. The van der Waals surface area contributed by atoms with E-state index >= 15 is 0 Å². The fourth-order valence-electron chi connectivity index (χ4n) is 0.893. The van der Waals surface area contributed by atoms with Gasteiger partial charge in [0.2, 0.25) is 0 Å². The zero-order valence-electron chi connectivity index (χ0n) is 7.67. The molecule has 0 saturated carbocycles. The Morgan fingerprint density at radius 2 is 2.50 bits per heavy atom. The summed E-state index contributed by atoms with van der Waals surface area (Å²) in [7, 11) is 1.44. The second kappa shape index (κ2) is 5.13. The lowest BCUT2D eigenvalue weighted by molar-refractivity contribution is -0.139. The molecule has 0 aliphatic carbocycles. The largest absolute Gasteiger partial charge is 0.480 e. The van der Waals surface area contributed by atoms with Gasteiger partial charge in [0.05, 0.1) is 12.8 Å². The summed E-state index contributed by atoms with van der Waals surface area (Å²) in [5.41, 5.74) is 0. The Kier molecular flexibility index (Phi) is 3.81. The number of hydrogen-bond donors (Lipinski definition) is 2. The van der Waals surface area contributed by atoms with E-state index in [9.17, 15) is 4.79 Å². The summed E-state index contributed by atoms with van der Waals surface area (Å²) in [5, 5.41) is 11.5. The average molecular weight is 197 g/mol. The van der Waals surface area contributed by atoms with Crippen LogP contribution in [-0.4, -0.2) is 40.8 Å². The van der Waals surface area contributed by atoms with Crippen molar-refractivity contribution in [3.8, 4) is 0 Å². The third kappa shape index (κ3) is 2.98. The molecular weight excluding hydrogens is 186 g/mol. The van der Waals surface area contributed by atoms with Crippen molar-refractivity contribution in [2.24, 2.45) is 0 Å². The van der Waals surface area contributed by atoms with E-state index in [0.29, 0.717) is 5.82 Å². The number of rotatable bonds is 5. The quantitative estimate of drug-likeness (QED) is 0.690. The maximum atomic E-state index is 10.7. The Morgan fingerprint density at radius 3 is 3.00 bits per heavy atom. The SMILES string of the molecule is COCC(Nc1cnccn1)C(=O)O. The molecule has 2 N–H and O–H groups in total. The Hall–Kier alpha value is -1.69. The molecule has 0 radical (unpaired) electrons. The van der Waals surface area contributed by atoms with Gasteiger partial charge in [-0.3, -0.25) is 4.98 Å². The van der Waals surface area contributed by atoms with Gasteiger partial charge in [0.1, 0.15) is 11.9 Å². The number of anilines is 1. The van der Waals surface area contributed by atoms with Crippen LogP contribution in [0.15, 0.2) is 18.6 Å². The summed E-state index contributed by atoms with van der Waals surface area (Å²) in [6, 6.07) is -0.809. The van der Waals surface area contributed by atoms with Gasteiger partial charge in [0, 0.05) is 19.5 Å². The van der Waals surface area contributed by atoms with Crippen molar-refractivity contribution in [3.63, 3.8) is 0 Å². The highest BCUT2D eigenvalue weighted by molar-refractivity contribution is 5.76. The van der Waals surface area contributed by atoms with Crippen LogP contribution >= 0.6 is 0 Å². The first kappa shape index (κ1) is 10.4. The summed E-state index contributed by atoms with van der Waals surface area (Å²) >= 11 is 0. The fraction of sp³-hybridized carbons (Fsp3) is 0.375. The Morgan fingerprint density at radius 1 is 1.71 bits per heavy atom. The van der Waals surface area contributed by atoms with E-state index in [2.05, 4.69) is 15.3 Å². The molecule has 0 aliphatic rings. The lowest BCUT2D eigenvalue weighted by Gasteiger charge is -2.12. The van der Waals surface area contributed by atoms with Crippen molar-refractivity contribution >= 4 is 11.8 Å². The molecule has 6 heteroatoms. The summed E-state index contributed by atoms with van der Waals surface area (Å²) in [5.74, 6) is -0.575. The highest BCUT2D eigenvalue weighted by Crippen LogP contribution is 2.01. The maximum Gasteiger partial charge on any atom is 0.328 e. The molecule has 0 aromatic carbocycles. The molecule has 0 saturated heterocycles. The second-order valence-corrected chi connectivity index (χ2v) is 2.58. The monoisotopic (exact) mass is 197 g/mol. The van der Waals surface area contributed by atoms with E-state index < -0.39 is 12.0 Å². The maximum absolute atomic E-state index is 10.7. The van der Waals surface area contributed by atoms with Gasteiger partial charge >= 0.3 is 5.97 Å². The summed E-state index contributed by atoms with van der Waals surface area (Å²) in [4.78, 5) is 18.4. The van der Waals surface area contributed by atoms with E-state index in [0.717, 1.165) is 0 Å². The molecule has 76 valence electrons. The number of nitrogens with zero attached hydrogens (tertiary/aromatic N) is 2. The number of carbonyl (C=O) groups is 1. The van der Waals surface area contributed by atoms with Crippen molar-refractivity contribution < 1.29 is 14.6 Å². The van der Waals surface area contributed by atoms with E-state index in [1.165, 1.54) is 25.7 Å². The third-order valence-corrected chi connectivity index (χ3v) is 1.52. The first-order valence-electron chi connectivity index (χ1n) is 3.98. The minimum absolute atomic E-state index is 0.0753. The molecule has 1 aromatic rings. The molecule has 0 amide bonds. The first-order chi connectivity index (χ1) is 6.74. The zero-order chi connectivity index (χ0) is 10.4. The zero-order valence-corrected chi connectivity index (χ0v) is 7.67. The molecule has 14 heavy (non-hydrogen) atoms. The van der Waals surface area contributed by atoms with Gasteiger partial charge in [-0.15, -0.1) is 0 Å². The van der Waals surface area contributed by atoms with Crippen LogP contribution in [0.5, 0.6) is 0 Å². The lowest BCUT2D eigenvalue weighted by atomic mass is 10.3. The molecule has 0 spiro atoms. The van der Waals surface area contributed by atoms with Gasteiger partial charge in [0.25, 0.3) is 0 Å². The van der Waals surface area contributed by atoms with E-state index in [1.807, 2.05) is 0 Å². The van der Waals surface area contributed by atoms with Crippen LogP contribution in [0.25, 0.3) is 0 Å². The van der Waals surface area contributed by atoms with Crippen molar-refractivity contribution in [1.82, 2.24) is 9.97 Å². The predicted molar refractivity (Wildman–Crippen MR) is 49.0 cm³/mol. The average Bonchev–Trinajstić information content (AvgIpc) is 2.18. The van der Waals surface area contributed by atoms with Crippen molar-refractivity contribution in [1.29, 1.82) is 0 Å². The smallest absolute Gasteiger partial charge is 0.328 e. The second-order valence-electron chi connectivity index (χ2n) is 2.58. The molecule has 1 rings (SSSR count). The number of carboxylic acids is 1. The van der Waals surface area contributed by atoms with E-state index in [1.54, 1.807) is 0 Å². The molecule has 0 aliphatic heterocycles. The Labute approximate surface area is 80.9 Å². The van der Waals surface area contributed by atoms with Crippen LogP contribution in [0.2, 0.25) is 0 Å². The van der Waals surface area contributed by atoms with Gasteiger partial charge < -0.3 is 15.2 Å². The molecular formula is C8H11N3O3. The number of aromatic nitrogens is 2. The lowest BCUT2D eigenvalue weighted by Crippen LogP contribution is -2.33. The van der Waals surface area contributed by atoms with E-state index in [4.69, 9.17) is 9.84 Å². The van der Waals surface area contributed by atoms with Gasteiger partial charge in [-0.05, 0) is 0 Å². The number of hydrogen-bond acceptors (Lipinski definition) is 5. The standard InChI is InChI=1S/C8H11N3O3/c1-14-5-6(8(12)13)11-7-4-9-2-3-10-7/h2-4,6H,5H2,1H3,(H,10,11)(H,12,13). The molecule has 1 atom stereocenters. The Balaban J connectivity index is 2.60.